The predicted octanol–water partition coefficient (Wildman–Crippen LogP) is 3.43. The molecular weight excluding hydrogens is 228 g/mol. The summed E-state index contributed by atoms with van der Waals surface area (Å²) in [6.45, 7) is 0. The normalized spacial score (nSPS) is 11.6. The topological polar surface area (TPSA) is 37.3 Å². The molecule has 0 amide bonds. The zero-order valence-electron chi connectivity index (χ0n) is 7.71. The summed E-state index contributed by atoms with van der Waals surface area (Å²) >= 11 is 2.97. The lowest BCUT2D eigenvalue weighted by atomic mass is 10.2. The quantitative estimate of drug-likeness (QED) is 0.829. The van der Waals surface area contributed by atoms with Gasteiger partial charge in [0.15, 0.2) is 0 Å². The average molecular weight is 236 g/mol. The maximum absolute atomic E-state index is 11.1. The average Bonchev–Trinajstić information content (AvgIpc) is 2.87. The number of carboxylic acids is 1. The van der Waals surface area contributed by atoms with Gasteiger partial charge in [0, 0.05) is 9.75 Å². The Labute approximate surface area is 95.1 Å². The minimum atomic E-state index is -0.883. The van der Waals surface area contributed by atoms with Gasteiger partial charge in [-0.15, -0.1) is 22.7 Å². The van der Waals surface area contributed by atoms with Crippen LogP contribution in [0, 0.1) is 0 Å². The van der Waals surface area contributed by atoms with Crippen LogP contribution >= 0.6 is 22.7 Å². The first-order valence-corrected chi connectivity index (χ1v) is 6.05. The second-order valence-corrected chi connectivity index (χ2v) is 4.78. The number of hydrogen-bond donors (Lipinski definition) is 1. The first-order valence-electron chi connectivity index (χ1n) is 4.30. The highest BCUT2D eigenvalue weighted by atomic mass is 32.1. The van der Waals surface area contributed by atoms with Gasteiger partial charge in [0.25, 0.3) is 0 Å². The summed E-state index contributed by atoms with van der Waals surface area (Å²) < 4.78 is 0. The molecule has 0 aliphatic rings. The predicted molar refractivity (Wildman–Crippen MR) is 64.1 cm³/mol. The highest BCUT2D eigenvalue weighted by Crippen LogP contribution is 2.24. The Balaban J connectivity index is 2.41. The van der Waals surface area contributed by atoms with Crippen LogP contribution in [0.15, 0.2) is 35.0 Å². The maximum Gasteiger partial charge on any atom is 0.337 e. The van der Waals surface area contributed by atoms with Crippen LogP contribution in [-0.2, 0) is 4.79 Å². The number of carbonyl (C=O) groups is 1. The van der Waals surface area contributed by atoms with Gasteiger partial charge >= 0.3 is 5.97 Å². The van der Waals surface area contributed by atoms with Crippen molar-refractivity contribution in [2.45, 2.75) is 0 Å². The van der Waals surface area contributed by atoms with Gasteiger partial charge in [0.1, 0.15) is 0 Å². The molecule has 0 saturated heterocycles. The molecule has 0 saturated carbocycles. The van der Waals surface area contributed by atoms with E-state index in [1.807, 2.05) is 35.0 Å². The maximum atomic E-state index is 11.1. The number of thiophene rings is 2. The highest BCUT2D eigenvalue weighted by Gasteiger charge is 2.11. The number of hydrogen-bond acceptors (Lipinski definition) is 3. The molecule has 2 rings (SSSR count). The molecule has 76 valence electrons. The highest BCUT2D eigenvalue weighted by molar-refractivity contribution is 7.12. The summed E-state index contributed by atoms with van der Waals surface area (Å²) in [6.07, 6.45) is 1.71. The minimum Gasteiger partial charge on any atom is -0.478 e. The van der Waals surface area contributed by atoms with E-state index in [0.29, 0.717) is 5.57 Å². The van der Waals surface area contributed by atoms with Crippen LogP contribution < -0.4 is 0 Å². The molecule has 0 unspecified atom stereocenters. The van der Waals surface area contributed by atoms with E-state index < -0.39 is 5.97 Å². The molecule has 0 bridgehead atoms. The van der Waals surface area contributed by atoms with Crippen molar-refractivity contribution in [1.29, 1.82) is 0 Å². The molecule has 0 aliphatic carbocycles. The molecule has 2 aromatic heterocycles. The molecule has 4 heteroatoms. The second kappa shape index (κ2) is 4.42. The first kappa shape index (κ1) is 10.1. The lowest BCUT2D eigenvalue weighted by molar-refractivity contribution is -0.130. The van der Waals surface area contributed by atoms with Crippen LogP contribution in [0.3, 0.4) is 0 Å². The Morgan fingerprint density at radius 1 is 1.20 bits per heavy atom. The van der Waals surface area contributed by atoms with E-state index in [1.54, 1.807) is 6.08 Å². The summed E-state index contributed by atoms with van der Waals surface area (Å²) in [4.78, 5) is 12.8. The van der Waals surface area contributed by atoms with Gasteiger partial charge in [-0.2, -0.15) is 0 Å². The third kappa shape index (κ3) is 2.34. The molecule has 0 fully saturated rings. The smallest absolute Gasteiger partial charge is 0.337 e. The fraction of sp³-hybridized carbons (Fsp3) is 0. The molecule has 0 radical (unpaired) electrons. The van der Waals surface area contributed by atoms with E-state index in [9.17, 15) is 4.79 Å². The number of carboxylic acid groups (broad SMARTS) is 1. The van der Waals surface area contributed by atoms with Gasteiger partial charge in [-0.25, -0.2) is 4.79 Å². The lowest BCUT2D eigenvalue weighted by Gasteiger charge is -1.97. The molecular formula is C11H8O2S2. The van der Waals surface area contributed by atoms with Crippen LogP contribution in [-0.4, -0.2) is 11.1 Å². The van der Waals surface area contributed by atoms with E-state index in [-0.39, 0.29) is 0 Å². The molecule has 2 nitrogen and oxygen atoms in total. The van der Waals surface area contributed by atoms with Crippen LogP contribution in [0.4, 0.5) is 0 Å². The fourth-order valence-corrected chi connectivity index (χ4v) is 2.58. The summed E-state index contributed by atoms with van der Waals surface area (Å²) in [7, 11) is 0. The van der Waals surface area contributed by atoms with Crippen molar-refractivity contribution in [3.05, 3.63) is 44.8 Å². The van der Waals surface area contributed by atoms with E-state index in [4.69, 9.17) is 5.11 Å². The van der Waals surface area contributed by atoms with E-state index in [0.717, 1.165) is 9.75 Å². The largest absolute Gasteiger partial charge is 0.478 e. The zero-order valence-corrected chi connectivity index (χ0v) is 9.35. The van der Waals surface area contributed by atoms with Crippen molar-refractivity contribution in [2.75, 3.05) is 0 Å². The van der Waals surface area contributed by atoms with E-state index >= 15 is 0 Å². The lowest BCUT2D eigenvalue weighted by Crippen LogP contribution is -1.96. The van der Waals surface area contributed by atoms with Crippen molar-refractivity contribution in [3.8, 4) is 0 Å². The third-order valence-electron chi connectivity index (χ3n) is 1.85. The van der Waals surface area contributed by atoms with E-state index in [1.165, 1.54) is 22.7 Å². The molecule has 2 heterocycles. The molecule has 2 aromatic rings. The van der Waals surface area contributed by atoms with Crippen LogP contribution in [0.25, 0.3) is 11.6 Å². The van der Waals surface area contributed by atoms with Crippen molar-refractivity contribution in [3.63, 3.8) is 0 Å². The number of rotatable bonds is 3. The van der Waals surface area contributed by atoms with Gasteiger partial charge in [-0.1, -0.05) is 12.1 Å². The van der Waals surface area contributed by atoms with E-state index in [2.05, 4.69) is 0 Å². The standard InChI is InChI=1S/C11H8O2S2/c12-11(13)9(10-4-2-6-15-10)7-8-3-1-5-14-8/h1-7H,(H,12,13). The number of aliphatic carboxylic acids is 1. The Kier molecular flexibility index (Phi) is 2.99. The first-order chi connectivity index (χ1) is 7.27. The Hall–Kier alpha value is -1.39. The molecule has 0 aliphatic heterocycles. The van der Waals surface area contributed by atoms with Gasteiger partial charge in [0.05, 0.1) is 5.57 Å². The molecule has 0 atom stereocenters. The second-order valence-electron chi connectivity index (χ2n) is 2.86. The molecule has 0 aromatic carbocycles. The van der Waals surface area contributed by atoms with Gasteiger partial charge in [-0.3, -0.25) is 0 Å². The SMILES string of the molecule is O=C(O)C(=Cc1cccs1)c1cccs1. The summed E-state index contributed by atoms with van der Waals surface area (Å²) in [5.74, 6) is -0.883. The zero-order chi connectivity index (χ0) is 10.7. The Morgan fingerprint density at radius 2 is 1.93 bits per heavy atom. The van der Waals surface area contributed by atoms with Crippen LogP contribution in [0.5, 0.6) is 0 Å². The van der Waals surface area contributed by atoms with Gasteiger partial charge in [-0.05, 0) is 29.0 Å². The summed E-state index contributed by atoms with van der Waals surface area (Å²) in [6, 6.07) is 7.48. The van der Waals surface area contributed by atoms with Gasteiger partial charge in [0.2, 0.25) is 0 Å². The molecule has 1 N–H and O–H groups in total. The fourth-order valence-electron chi connectivity index (χ4n) is 1.19. The van der Waals surface area contributed by atoms with Crippen LogP contribution in [0.1, 0.15) is 9.75 Å². The van der Waals surface area contributed by atoms with Crippen molar-refractivity contribution in [1.82, 2.24) is 0 Å². The molecule has 15 heavy (non-hydrogen) atoms. The molecule has 0 spiro atoms. The summed E-state index contributed by atoms with van der Waals surface area (Å²) in [5, 5.41) is 12.9. The van der Waals surface area contributed by atoms with Gasteiger partial charge < -0.3 is 5.11 Å². The summed E-state index contributed by atoms with van der Waals surface area (Å²) in [5.41, 5.74) is 0.354. The Morgan fingerprint density at radius 3 is 2.47 bits per heavy atom. The van der Waals surface area contributed by atoms with Crippen molar-refractivity contribution < 1.29 is 9.90 Å². The Bertz CT molecular complexity index is 467. The minimum absolute atomic E-state index is 0.354. The monoisotopic (exact) mass is 236 g/mol. The van der Waals surface area contributed by atoms with Crippen molar-refractivity contribution >= 4 is 40.3 Å². The van der Waals surface area contributed by atoms with Crippen LogP contribution in [0.2, 0.25) is 0 Å². The third-order valence-corrected chi connectivity index (χ3v) is 3.57. The van der Waals surface area contributed by atoms with Crippen molar-refractivity contribution in [2.24, 2.45) is 0 Å².